The second-order valence-corrected chi connectivity index (χ2v) is 2.68. The Morgan fingerprint density at radius 2 is 2.38 bits per heavy atom. The molecule has 0 aliphatic heterocycles. The maximum Gasteiger partial charge on any atom is 0.335 e. The van der Waals surface area contributed by atoms with Crippen LogP contribution in [0.3, 0.4) is 0 Å². The van der Waals surface area contributed by atoms with Crippen molar-refractivity contribution in [2.24, 2.45) is 10.3 Å². The summed E-state index contributed by atoms with van der Waals surface area (Å²) >= 11 is 0. The first-order valence-electron chi connectivity index (χ1n) is 3.85. The number of nitrogens with one attached hydrogen (secondary N) is 1. The van der Waals surface area contributed by atoms with Crippen LogP contribution >= 0.6 is 0 Å². The first kappa shape index (κ1) is 9.44. The zero-order valence-corrected chi connectivity index (χ0v) is 7.27. The van der Waals surface area contributed by atoms with E-state index < -0.39 is 11.5 Å². The molecular formula is C8H11N3O2. The van der Waals surface area contributed by atoms with Gasteiger partial charge in [0, 0.05) is 6.42 Å². The number of aliphatic carboxylic acids is 1. The highest BCUT2D eigenvalue weighted by molar-refractivity contribution is 5.82. The van der Waals surface area contributed by atoms with Crippen molar-refractivity contribution in [3.63, 3.8) is 0 Å². The van der Waals surface area contributed by atoms with Crippen LogP contribution in [0.4, 0.5) is 0 Å². The van der Waals surface area contributed by atoms with Crippen molar-refractivity contribution >= 4 is 5.97 Å². The number of nitrogens with zero attached hydrogens (tertiary/aromatic N) is 2. The SMILES string of the molecule is CN=NNC1(C(=O)O)C=CC=CC1. The number of carboxylic acid groups (broad SMARTS) is 1. The quantitative estimate of drug-likeness (QED) is 0.502. The molecule has 0 heterocycles. The predicted molar refractivity (Wildman–Crippen MR) is 47.2 cm³/mol. The Kier molecular flexibility index (Phi) is 2.79. The van der Waals surface area contributed by atoms with E-state index in [1.165, 1.54) is 7.05 Å². The molecule has 0 aromatic rings. The fourth-order valence-corrected chi connectivity index (χ4v) is 1.05. The first-order valence-corrected chi connectivity index (χ1v) is 3.85. The highest BCUT2D eigenvalue weighted by Gasteiger charge is 2.35. The van der Waals surface area contributed by atoms with Gasteiger partial charge in [0.1, 0.15) is 0 Å². The monoisotopic (exact) mass is 181 g/mol. The van der Waals surface area contributed by atoms with Crippen LogP contribution in [0.15, 0.2) is 34.6 Å². The van der Waals surface area contributed by atoms with E-state index in [9.17, 15) is 4.79 Å². The minimum Gasteiger partial charge on any atom is -0.479 e. The van der Waals surface area contributed by atoms with E-state index >= 15 is 0 Å². The minimum atomic E-state index is -1.13. The molecule has 0 aromatic heterocycles. The van der Waals surface area contributed by atoms with E-state index in [2.05, 4.69) is 15.8 Å². The van der Waals surface area contributed by atoms with Crippen LogP contribution in [0.1, 0.15) is 6.42 Å². The molecule has 1 unspecified atom stereocenters. The number of allylic oxidation sites excluding steroid dienone is 2. The lowest BCUT2D eigenvalue weighted by molar-refractivity contribution is -0.142. The Morgan fingerprint density at radius 1 is 1.62 bits per heavy atom. The molecular weight excluding hydrogens is 170 g/mol. The second-order valence-electron chi connectivity index (χ2n) is 2.68. The smallest absolute Gasteiger partial charge is 0.335 e. The molecule has 0 bridgehead atoms. The largest absolute Gasteiger partial charge is 0.479 e. The lowest BCUT2D eigenvalue weighted by Crippen LogP contribution is -2.48. The van der Waals surface area contributed by atoms with Gasteiger partial charge in [-0.1, -0.05) is 23.5 Å². The third-order valence-electron chi connectivity index (χ3n) is 1.80. The van der Waals surface area contributed by atoms with Crippen LogP contribution in [0, 0.1) is 0 Å². The second kappa shape index (κ2) is 3.84. The van der Waals surface area contributed by atoms with Gasteiger partial charge in [0.05, 0.1) is 7.05 Å². The molecule has 1 aliphatic carbocycles. The summed E-state index contributed by atoms with van der Waals surface area (Å²) in [6.45, 7) is 0. The van der Waals surface area contributed by atoms with Crippen molar-refractivity contribution in [1.29, 1.82) is 0 Å². The molecule has 2 N–H and O–H groups in total. The van der Waals surface area contributed by atoms with E-state index in [0.717, 1.165) is 0 Å². The maximum absolute atomic E-state index is 10.9. The first-order chi connectivity index (χ1) is 6.21. The van der Waals surface area contributed by atoms with Crippen LogP contribution < -0.4 is 5.43 Å². The molecule has 0 saturated heterocycles. The zero-order valence-electron chi connectivity index (χ0n) is 7.27. The summed E-state index contributed by atoms with van der Waals surface area (Å²) < 4.78 is 0. The normalized spacial score (nSPS) is 26.5. The van der Waals surface area contributed by atoms with Crippen LogP contribution in [0.2, 0.25) is 0 Å². The van der Waals surface area contributed by atoms with Gasteiger partial charge in [0.2, 0.25) is 0 Å². The molecule has 1 aliphatic rings. The summed E-state index contributed by atoms with van der Waals surface area (Å²) in [6.07, 6.45) is 7.18. The molecule has 5 nitrogen and oxygen atoms in total. The van der Waals surface area contributed by atoms with Crippen LogP contribution in [-0.2, 0) is 4.79 Å². The predicted octanol–water partition coefficient (Wildman–Crippen LogP) is 0.912. The Morgan fingerprint density at radius 3 is 2.85 bits per heavy atom. The van der Waals surface area contributed by atoms with Gasteiger partial charge in [-0.25, -0.2) is 4.79 Å². The summed E-state index contributed by atoms with van der Waals surface area (Å²) in [5, 5.41) is 15.9. The van der Waals surface area contributed by atoms with Crippen LogP contribution in [-0.4, -0.2) is 23.7 Å². The average molecular weight is 181 g/mol. The van der Waals surface area contributed by atoms with E-state index in [4.69, 9.17) is 5.11 Å². The summed E-state index contributed by atoms with van der Waals surface area (Å²) in [4.78, 5) is 10.9. The third kappa shape index (κ3) is 1.93. The Balaban J connectivity index is 2.82. The van der Waals surface area contributed by atoms with Crippen LogP contribution in [0.25, 0.3) is 0 Å². The van der Waals surface area contributed by atoms with Crippen molar-refractivity contribution in [2.45, 2.75) is 12.0 Å². The Labute approximate surface area is 75.8 Å². The molecule has 0 radical (unpaired) electrons. The highest BCUT2D eigenvalue weighted by atomic mass is 16.4. The fraction of sp³-hybridized carbons (Fsp3) is 0.375. The van der Waals surface area contributed by atoms with Crippen molar-refractivity contribution in [1.82, 2.24) is 5.43 Å². The molecule has 1 rings (SSSR count). The summed E-state index contributed by atoms with van der Waals surface area (Å²) in [5.74, 6) is -0.958. The fourth-order valence-electron chi connectivity index (χ4n) is 1.05. The van der Waals surface area contributed by atoms with Gasteiger partial charge in [-0.15, -0.1) is 0 Å². The van der Waals surface area contributed by atoms with Crippen molar-refractivity contribution in [2.75, 3.05) is 7.05 Å². The molecule has 1 atom stereocenters. The third-order valence-corrected chi connectivity index (χ3v) is 1.80. The number of hydrogen-bond donors (Lipinski definition) is 2. The number of rotatable bonds is 3. The van der Waals surface area contributed by atoms with Gasteiger partial charge in [0.25, 0.3) is 0 Å². The average Bonchev–Trinajstić information content (AvgIpc) is 2.16. The van der Waals surface area contributed by atoms with E-state index in [-0.39, 0.29) is 0 Å². The van der Waals surface area contributed by atoms with Crippen molar-refractivity contribution < 1.29 is 9.90 Å². The van der Waals surface area contributed by atoms with Gasteiger partial charge < -0.3 is 5.11 Å². The van der Waals surface area contributed by atoms with Gasteiger partial charge in [-0.3, -0.25) is 5.43 Å². The Hall–Kier alpha value is -1.65. The van der Waals surface area contributed by atoms with E-state index in [1.54, 1.807) is 24.3 Å². The van der Waals surface area contributed by atoms with Gasteiger partial charge >= 0.3 is 5.97 Å². The van der Waals surface area contributed by atoms with Crippen molar-refractivity contribution in [3.05, 3.63) is 24.3 Å². The van der Waals surface area contributed by atoms with Gasteiger partial charge in [-0.2, -0.15) is 5.11 Å². The summed E-state index contributed by atoms with van der Waals surface area (Å²) in [7, 11) is 1.48. The Bertz CT molecular complexity index is 283. The molecule has 0 amide bonds. The van der Waals surface area contributed by atoms with Crippen molar-refractivity contribution in [3.8, 4) is 0 Å². The topological polar surface area (TPSA) is 74.0 Å². The minimum absolute atomic E-state index is 0.373. The highest BCUT2D eigenvalue weighted by Crippen LogP contribution is 2.17. The standard InChI is InChI=1S/C8H11N3O2/c1-9-11-10-8(7(12)13)5-3-2-4-6-8/h2-5H,6H2,1H3,(H,9,10)(H,12,13). The number of hydrogen-bond acceptors (Lipinski definition) is 3. The molecule has 5 heteroatoms. The summed E-state index contributed by atoms with van der Waals surface area (Å²) in [5.41, 5.74) is 1.37. The van der Waals surface area contributed by atoms with E-state index in [0.29, 0.717) is 6.42 Å². The number of carbonyl (C=O) groups is 1. The molecule has 0 spiro atoms. The van der Waals surface area contributed by atoms with Gasteiger partial charge in [0.15, 0.2) is 5.54 Å². The molecule has 70 valence electrons. The lowest BCUT2D eigenvalue weighted by atomic mass is 9.92. The molecule has 13 heavy (non-hydrogen) atoms. The number of carboxylic acids is 1. The molecule has 0 saturated carbocycles. The van der Waals surface area contributed by atoms with Crippen LogP contribution in [0.5, 0.6) is 0 Å². The molecule has 0 fully saturated rings. The molecule has 0 aromatic carbocycles. The summed E-state index contributed by atoms with van der Waals surface area (Å²) in [6, 6.07) is 0. The maximum atomic E-state index is 10.9. The van der Waals surface area contributed by atoms with E-state index in [1.807, 2.05) is 0 Å². The zero-order chi connectivity index (χ0) is 9.73. The van der Waals surface area contributed by atoms with Gasteiger partial charge in [-0.05, 0) is 6.08 Å². The lowest BCUT2D eigenvalue weighted by Gasteiger charge is -2.24.